The number of carboxylic acid groups (broad SMARTS) is 1. The molecule has 1 aliphatic carbocycles. The average molecular weight is 653 g/mol. The molecule has 13 heteroatoms. The van der Waals surface area contributed by atoms with Crippen LogP contribution in [0.4, 0.5) is 0 Å². The van der Waals surface area contributed by atoms with Crippen molar-refractivity contribution in [1.82, 2.24) is 16.0 Å². The van der Waals surface area contributed by atoms with Crippen LogP contribution >= 0.6 is 46.8 Å². The van der Waals surface area contributed by atoms with Crippen molar-refractivity contribution >= 4 is 64.6 Å². The first kappa shape index (κ1) is 36.9. The highest BCUT2D eigenvalue weighted by atomic mass is 33.1. The van der Waals surface area contributed by atoms with E-state index in [4.69, 9.17) is 5.73 Å². The molecular weight excluding hydrogens is 601 g/mol. The fourth-order valence-corrected chi connectivity index (χ4v) is 9.41. The van der Waals surface area contributed by atoms with E-state index in [1.165, 1.54) is 0 Å². The smallest absolute Gasteiger partial charge is 0.306 e. The van der Waals surface area contributed by atoms with E-state index in [1.54, 1.807) is 21.6 Å². The molecular formula is C28H52N4O5S4. The minimum Gasteiger partial charge on any atom is -0.481 e. The van der Waals surface area contributed by atoms with Crippen LogP contribution in [0, 0.1) is 17.8 Å². The van der Waals surface area contributed by atoms with Crippen LogP contribution in [0.1, 0.15) is 83.5 Å². The molecule has 1 heterocycles. The summed E-state index contributed by atoms with van der Waals surface area (Å²) in [6.45, 7) is 1.40. The summed E-state index contributed by atoms with van der Waals surface area (Å²) in [5, 5.41) is 30.2. The van der Waals surface area contributed by atoms with Gasteiger partial charge < -0.3 is 26.6 Å². The molecule has 0 aromatic heterocycles. The predicted octanol–water partition coefficient (Wildman–Crippen LogP) is 3.46. The van der Waals surface area contributed by atoms with Crippen LogP contribution in [-0.4, -0.2) is 81.9 Å². The normalized spacial score (nSPS) is 25.3. The molecule has 0 bridgehead atoms. The number of aliphatic carboxylic acids is 1. The Morgan fingerprint density at radius 2 is 1.61 bits per heavy atom. The van der Waals surface area contributed by atoms with Crippen LogP contribution < -0.4 is 21.7 Å². The molecule has 6 unspecified atom stereocenters. The highest BCUT2D eigenvalue weighted by molar-refractivity contribution is 8.80. The molecule has 2 rings (SSSR count). The van der Waals surface area contributed by atoms with E-state index in [-0.39, 0.29) is 23.7 Å². The SMILES string of the molecule is NCC1C(CNC(=O)[C@H](CCCCNC(=O)CCCCCS)NC(O)CCCCCS)CC(C(=O)O)CC2SSC21. The van der Waals surface area contributed by atoms with Gasteiger partial charge in [-0.05, 0) is 94.1 Å². The number of aliphatic hydroxyl groups is 1. The highest BCUT2D eigenvalue weighted by Crippen LogP contribution is 2.57. The maximum absolute atomic E-state index is 13.4. The average Bonchev–Trinajstić information content (AvgIpc) is 3.04. The van der Waals surface area contributed by atoms with Crippen LogP contribution in [0.5, 0.6) is 0 Å². The lowest BCUT2D eigenvalue weighted by molar-refractivity contribution is -0.142. The quantitative estimate of drug-likeness (QED) is 0.0380. The third kappa shape index (κ3) is 13.9. The van der Waals surface area contributed by atoms with Gasteiger partial charge in [0, 0.05) is 30.0 Å². The number of carbonyl (C=O) groups excluding carboxylic acids is 2. The third-order valence-electron chi connectivity index (χ3n) is 8.10. The van der Waals surface area contributed by atoms with Crippen molar-refractivity contribution in [2.45, 2.75) is 106 Å². The number of thiol groups is 2. The summed E-state index contributed by atoms with van der Waals surface area (Å²) in [4.78, 5) is 37.3. The van der Waals surface area contributed by atoms with Crippen molar-refractivity contribution in [3.05, 3.63) is 0 Å². The molecule has 41 heavy (non-hydrogen) atoms. The van der Waals surface area contributed by atoms with Crippen LogP contribution in [-0.2, 0) is 14.4 Å². The lowest BCUT2D eigenvalue weighted by Crippen LogP contribution is -2.50. The number of fused-ring (bicyclic) bond motifs is 1. The summed E-state index contributed by atoms with van der Waals surface area (Å²) < 4.78 is 0. The topological polar surface area (TPSA) is 154 Å². The maximum Gasteiger partial charge on any atom is 0.306 e. The van der Waals surface area contributed by atoms with E-state index in [2.05, 4.69) is 41.2 Å². The van der Waals surface area contributed by atoms with Gasteiger partial charge in [-0.2, -0.15) is 25.3 Å². The van der Waals surface area contributed by atoms with Crippen molar-refractivity contribution in [2.24, 2.45) is 23.5 Å². The number of unbranched alkanes of at least 4 members (excludes halogenated alkanes) is 5. The number of amides is 2. The Morgan fingerprint density at radius 1 is 0.902 bits per heavy atom. The Labute approximate surface area is 265 Å². The summed E-state index contributed by atoms with van der Waals surface area (Å²) in [5.41, 5.74) is 6.16. The second kappa shape index (κ2) is 21.4. The zero-order valence-electron chi connectivity index (χ0n) is 24.2. The Hall–Kier alpha value is -0.310. The summed E-state index contributed by atoms with van der Waals surface area (Å²) in [7, 11) is 3.53. The van der Waals surface area contributed by atoms with Crippen molar-refractivity contribution in [3.8, 4) is 0 Å². The first-order chi connectivity index (χ1) is 19.8. The molecule has 0 spiro atoms. The summed E-state index contributed by atoms with van der Waals surface area (Å²) in [5.74, 6) is 0.450. The summed E-state index contributed by atoms with van der Waals surface area (Å²) in [6, 6.07) is -0.578. The van der Waals surface area contributed by atoms with Crippen molar-refractivity contribution in [1.29, 1.82) is 0 Å². The zero-order chi connectivity index (χ0) is 30.0. The predicted molar refractivity (Wildman–Crippen MR) is 177 cm³/mol. The molecule has 2 amide bonds. The number of nitrogens with two attached hydrogens (primary N) is 1. The van der Waals surface area contributed by atoms with E-state index in [9.17, 15) is 24.6 Å². The lowest BCUT2D eigenvalue weighted by Gasteiger charge is -2.40. The monoisotopic (exact) mass is 652 g/mol. The Balaban J connectivity index is 1.89. The number of aliphatic hydroxyl groups excluding tert-OH is 1. The number of carbonyl (C=O) groups is 3. The van der Waals surface area contributed by atoms with E-state index in [0.717, 1.165) is 56.5 Å². The van der Waals surface area contributed by atoms with E-state index in [0.29, 0.717) is 68.7 Å². The van der Waals surface area contributed by atoms with E-state index < -0.39 is 24.2 Å². The molecule has 7 N–H and O–H groups in total. The second-order valence-corrected chi connectivity index (χ2v) is 14.9. The van der Waals surface area contributed by atoms with Gasteiger partial charge in [0.15, 0.2) is 0 Å². The van der Waals surface area contributed by atoms with Gasteiger partial charge in [-0.3, -0.25) is 19.7 Å². The fraction of sp³-hybridized carbons (Fsp3) is 0.893. The van der Waals surface area contributed by atoms with Gasteiger partial charge in [0.25, 0.3) is 0 Å². The van der Waals surface area contributed by atoms with Gasteiger partial charge in [0.05, 0.1) is 12.0 Å². The Kier molecular flexibility index (Phi) is 19.2. The third-order valence-corrected chi connectivity index (χ3v) is 12.4. The number of nitrogens with one attached hydrogen (secondary N) is 3. The molecule has 1 aliphatic heterocycles. The van der Waals surface area contributed by atoms with Crippen LogP contribution in [0.25, 0.3) is 0 Å². The number of carboxylic acids is 1. The summed E-state index contributed by atoms with van der Waals surface area (Å²) >= 11 is 8.43. The summed E-state index contributed by atoms with van der Waals surface area (Å²) in [6.07, 6.45) is 9.09. The minimum absolute atomic E-state index is 0.0109. The molecule has 9 nitrogen and oxygen atoms in total. The van der Waals surface area contributed by atoms with Crippen molar-refractivity contribution < 1.29 is 24.6 Å². The van der Waals surface area contributed by atoms with E-state index in [1.807, 2.05) is 0 Å². The lowest BCUT2D eigenvalue weighted by atomic mass is 9.85. The minimum atomic E-state index is -0.794. The van der Waals surface area contributed by atoms with E-state index >= 15 is 0 Å². The molecule has 0 aromatic rings. The van der Waals surface area contributed by atoms with Crippen molar-refractivity contribution in [3.63, 3.8) is 0 Å². The second-order valence-electron chi connectivity index (χ2n) is 11.3. The molecule has 1 saturated carbocycles. The number of hydrogen-bond acceptors (Lipinski definition) is 10. The Morgan fingerprint density at radius 3 is 2.24 bits per heavy atom. The number of rotatable bonds is 22. The molecule has 0 aromatic carbocycles. The first-order valence-electron chi connectivity index (χ1n) is 15.3. The molecule has 2 fully saturated rings. The van der Waals surface area contributed by atoms with Gasteiger partial charge in [-0.25, -0.2) is 0 Å². The first-order valence-corrected chi connectivity index (χ1v) is 18.8. The Bertz CT molecular complexity index is 784. The zero-order valence-corrected chi connectivity index (χ0v) is 27.6. The molecule has 7 atom stereocenters. The van der Waals surface area contributed by atoms with Gasteiger partial charge in [-0.15, -0.1) is 0 Å². The standard InChI is InChI=1S/C28H52N4O5S4/c29-17-21-20(15-19(28(36)37)16-23-26(21)41-40-23)18-31-27(35)22(32-25(34)11-4-2-8-14-39)9-5-6-12-30-24(33)10-3-1-7-13-38/h19-23,25-26,32,34,38-39H,1-18,29H2,(H,30,33)(H,31,35)(H,36,37)/t19?,20?,21?,22-,23?,25?,26?/m0/s1. The van der Waals surface area contributed by atoms with Gasteiger partial charge in [0.1, 0.15) is 6.23 Å². The van der Waals surface area contributed by atoms with Crippen LogP contribution in [0.2, 0.25) is 0 Å². The van der Waals surface area contributed by atoms with Gasteiger partial charge in [-0.1, -0.05) is 34.4 Å². The maximum atomic E-state index is 13.4. The fourth-order valence-electron chi connectivity index (χ4n) is 5.62. The largest absolute Gasteiger partial charge is 0.481 e. The molecule has 238 valence electrons. The van der Waals surface area contributed by atoms with Crippen LogP contribution in [0.15, 0.2) is 0 Å². The molecule has 0 radical (unpaired) electrons. The van der Waals surface area contributed by atoms with Crippen LogP contribution in [0.3, 0.4) is 0 Å². The van der Waals surface area contributed by atoms with Gasteiger partial charge >= 0.3 is 5.97 Å². The van der Waals surface area contributed by atoms with Crippen molar-refractivity contribution in [2.75, 3.05) is 31.1 Å². The van der Waals surface area contributed by atoms with Gasteiger partial charge in [0.2, 0.25) is 11.8 Å². The highest BCUT2D eigenvalue weighted by Gasteiger charge is 2.47. The number of hydrogen-bond donors (Lipinski definition) is 8. The molecule has 1 saturated heterocycles. The molecule has 2 aliphatic rings.